The number of amides is 2. The fourth-order valence-corrected chi connectivity index (χ4v) is 2.60. The summed E-state index contributed by atoms with van der Waals surface area (Å²) in [6.07, 6.45) is 6.43. The summed E-state index contributed by atoms with van der Waals surface area (Å²) in [6, 6.07) is 13.3. The number of benzene rings is 1. The zero-order valence-corrected chi connectivity index (χ0v) is 15.3. The number of nitrogens with zero attached hydrogens (tertiary/aromatic N) is 1. The van der Waals surface area contributed by atoms with Crippen LogP contribution in [0.15, 0.2) is 48.7 Å². The highest BCUT2D eigenvalue weighted by Crippen LogP contribution is 2.04. The molecule has 0 bridgehead atoms. The van der Waals surface area contributed by atoms with Crippen LogP contribution in [0.2, 0.25) is 0 Å². The molecule has 1 aromatic carbocycles. The lowest BCUT2D eigenvalue weighted by Crippen LogP contribution is -2.27. The van der Waals surface area contributed by atoms with Crippen LogP contribution in [-0.4, -0.2) is 29.9 Å². The fraction of sp³-hybridized carbons (Fsp3) is 0.381. The molecular weight excluding hydrogens is 326 g/mol. The molecular formula is C21H27N3O2. The summed E-state index contributed by atoms with van der Waals surface area (Å²) < 4.78 is 0. The van der Waals surface area contributed by atoms with Gasteiger partial charge in [-0.3, -0.25) is 14.6 Å². The quantitative estimate of drug-likeness (QED) is 0.643. The van der Waals surface area contributed by atoms with E-state index in [0.717, 1.165) is 32.1 Å². The van der Waals surface area contributed by atoms with Crippen molar-refractivity contribution in [3.63, 3.8) is 0 Å². The smallest absolute Gasteiger partial charge is 0.269 e. The lowest BCUT2D eigenvalue weighted by molar-refractivity contribution is 0.0948. The Morgan fingerprint density at radius 2 is 1.65 bits per heavy atom. The van der Waals surface area contributed by atoms with E-state index in [9.17, 15) is 9.59 Å². The van der Waals surface area contributed by atoms with Gasteiger partial charge in [0.2, 0.25) is 0 Å². The van der Waals surface area contributed by atoms with Crippen molar-refractivity contribution < 1.29 is 9.59 Å². The van der Waals surface area contributed by atoms with Gasteiger partial charge in [0.25, 0.3) is 11.8 Å². The van der Waals surface area contributed by atoms with Gasteiger partial charge < -0.3 is 10.6 Å². The summed E-state index contributed by atoms with van der Waals surface area (Å²) in [7, 11) is 0. The Balaban J connectivity index is 1.78. The second kappa shape index (κ2) is 11.0. The summed E-state index contributed by atoms with van der Waals surface area (Å²) in [5.41, 5.74) is 1.98. The molecule has 0 aliphatic carbocycles. The van der Waals surface area contributed by atoms with Crippen LogP contribution in [0.25, 0.3) is 0 Å². The Labute approximate surface area is 155 Å². The summed E-state index contributed by atoms with van der Waals surface area (Å²) in [4.78, 5) is 28.4. The third kappa shape index (κ3) is 6.67. The lowest BCUT2D eigenvalue weighted by atomic mass is 10.1. The standard InChI is InChI=1S/C21H27N3O2/c1-2-3-7-13-23-20(25)18-12-15-22-19(16-18)21(26)24-14-8-11-17-9-5-4-6-10-17/h4-6,9-10,12,15-16H,2-3,7-8,11,13-14H2,1H3,(H,23,25)(H,24,26). The van der Waals surface area contributed by atoms with Crippen LogP contribution in [-0.2, 0) is 6.42 Å². The summed E-state index contributed by atoms with van der Waals surface area (Å²) in [5, 5.41) is 5.73. The van der Waals surface area contributed by atoms with Gasteiger partial charge >= 0.3 is 0 Å². The van der Waals surface area contributed by atoms with Gasteiger partial charge in [-0.15, -0.1) is 0 Å². The maximum Gasteiger partial charge on any atom is 0.269 e. The maximum atomic E-state index is 12.2. The molecule has 0 aliphatic heterocycles. The zero-order valence-electron chi connectivity index (χ0n) is 15.3. The van der Waals surface area contributed by atoms with Crippen LogP contribution in [0.5, 0.6) is 0 Å². The summed E-state index contributed by atoms with van der Waals surface area (Å²) in [6.45, 7) is 3.34. The molecule has 5 nitrogen and oxygen atoms in total. The fourth-order valence-electron chi connectivity index (χ4n) is 2.60. The van der Waals surface area contributed by atoms with Crippen LogP contribution in [0.4, 0.5) is 0 Å². The number of nitrogens with one attached hydrogen (secondary N) is 2. The van der Waals surface area contributed by atoms with E-state index in [4.69, 9.17) is 0 Å². The topological polar surface area (TPSA) is 71.1 Å². The van der Waals surface area contributed by atoms with Crippen molar-refractivity contribution >= 4 is 11.8 Å². The molecule has 0 radical (unpaired) electrons. The van der Waals surface area contributed by atoms with Gasteiger partial charge in [0.05, 0.1) is 0 Å². The van der Waals surface area contributed by atoms with E-state index in [-0.39, 0.29) is 17.5 Å². The highest BCUT2D eigenvalue weighted by molar-refractivity contribution is 5.98. The van der Waals surface area contributed by atoms with Crippen LogP contribution in [0, 0.1) is 0 Å². The minimum atomic E-state index is -0.251. The molecule has 2 aromatic rings. The van der Waals surface area contributed by atoms with Gasteiger partial charge in [-0.05, 0) is 37.0 Å². The second-order valence-electron chi connectivity index (χ2n) is 6.24. The molecule has 2 N–H and O–H groups in total. The number of aryl methyl sites for hydroxylation is 1. The molecule has 0 fully saturated rings. The van der Waals surface area contributed by atoms with E-state index < -0.39 is 0 Å². The highest BCUT2D eigenvalue weighted by Gasteiger charge is 2.11. The molecule has 5 heteroatoms. The highest BCUT2D eigenvalue weighted by atomic mass is 16.2. The number of aromatic nitrogens is 1. The Bertz CT molecular complexity index is 701. The summed E-state index contributed by atoms with van der Waals surface area (Å²) >= 11 is 0. The average Bonchev–Trinajstić information content (AvgIpc) is 2.69. The second-order valence-corrected chi connectivity index (χ2v) is 6.24. The van der Waals surface area contributed by atoms with Crippen molar-refractivity contribution in [2.45, 2.75) is 39.0 Å². The van der Waals surface area contributed by atoms with Crippen molar-refractivity contribution in [1.29, 1.82) is 0 Å². The minimum absolute atomic E-state index is 0.165. The van der Waals surface area contributed by atoms with Gasteiger partial charge in [-0.1, -0.05) is 50.1 Å². The van der Waals surface area contributed by atoms with Crippen molar-refractivity contribution in [3.8, 4) is 0 Å². The maximum absolute atomic E-state index is 12.2. The number of hydrogen-bond donors (Lipinski definition) is 2. The number of carbonyl (C=O) groups is 2. The van der Waals surface area contributed by atoms with Crippen molar-refractivity contribution in [2.75, 3.05) is 13.1 Å². The van der Waals surface area contributed by atoms with Crippen LogP contribution in [0.3, 0.4) is 0 Å². The number of pyridine rings is 1. The SMILES string of the molecule is CCCCCNC(=O)c1ccnc(C(=O)NCCCc2ccccc2)c1. The first-order valence-electron chi connectivity index (χ1n) is 9.27. The molecule has 1 aromatic heterocycles. The van der Waals surface area contributed by atoms with Crippen molar-refractivity contribution in [2.24, 2.45) is 0 Å². The van der Waals surface area contributed by atoms with Crippen molar-refractivity contribution in [1.82, 2.24) is 15.6 Å². The number of unbranched alkanes of at least 4 members (excludes halogenated alkanes) is 2. The first-order chi connectivity index (χ1) is 12.7. The van der Waals surface area contributed by atoms with Crippen LogP contribution >= 0.6 is 0 Å². The first kappa shape index (κ1) is 19.6. The lowest BCUT2D eigenvalue weighted by Gasteiger charge is -2.07. The third-order valence-electron chi connectivity index (χ3n) is 4.09. The van der Waals surface area contributed by atoms with E-state index in [1.165, 1.54) is 11.8 Å². The molecule has 0 saturated heterocycles. The van der Waals surface area contributed by atoms with Gasteiger partial charge in [0, 0.05) is 24.8 Å². The van der Waals surface area contributed by atoms with Gasteiger partial charge in [-0.25, -0.2) is 0 Å². The third-order valence-corrected chi connectivity index (χ3v) is 4.09. The zero-order chi connectivity index (χ0) is 18.6. The van der Waals surface area contributed by atoms with Crippen LogP contribution < -0.4 is 10.6 Å². The molecule has 0 aliphatic rings. The molecule has 0 saturated carbocycles. The van der Waals surface area contributed by atoms with Crippen LogP contribution in [0.1, 0.15) is 59.0 Å². The average molecular weight is 353 g/mol. The number of hydrogen-bond acceptors (Lipinski definition) is 3. The minimum Gasteiger partial charge on any atom is -0.352 e. The monoisotopic (exact) mass is 353 g/mol. The molecule has 0 atom stereocenters. The Morgan fingerprint density at radius 3 is 2.42 bits per heavy atom. The largest absolute Gasteiger partial charge is 0.352 e. The molecule has 26 heavy (non-hydrogen) atoms. The van der Waals surface area contributed by atoms with E-state index in [2.05, 4.69) is 34.7 Å². The first-order valence-corrected chi connectivity index (χ1v) is 9.27. The molecule has 1 heterocycles. The van der Waals surface area contributed by atoms with Gasteiger partial charge in [0.1, 0.15) is 5.69 Å². The molecule has 0 unspecified atom stereocenters. The predicted octanol–water partition coefficient (Wildman–Crippen LogP) is 3.36. The normalized spacial score (nSPS) is 10.3. The Kier molecular flexibility index (Phi) is 8.33. The van der Waals surface area contributed by atoms with Gasteiger partial charge in [-0.2, -0.15) is 0 Å². The molecule has 2 rings (SSSR count). The summed E-state index contributed by atoms with van der Waals surface area (Å²) in [5.74, 6) is -0.416. The Hall–Kier alpha value is -2.69. The number of rotatable bonds is 10. The van der Waals surface area contributed by atoms with E-state index in [0.29, 0.717) is 18.7 Å². The van der Waals surface area contributed by atoms with E-state index in [1.54, 1.807) is 12.1 Å². The van der Waals surface area contributed by atoms with Crippen molar-refractivity contribution in [3.05, 3.63) is 65.5 Å². The molecule has 138 valence electrons. The predicted molar refractivity (Wildman–Crippen MR) is 103 cm³/mol. The number of carbonyl (C=O) groups excluding carboxylic acids is 2. The Morgan fingerprint density at radius 1 is 0.923 bits per heavy atom. The van der Waals surface area contributed by atoms with Gasteiger partial charge in [0.15, 0.2) is 0 Å². The molecule has 0 spiro atoms. The van der Waals surface area contributed by atoms with E-state index >= 15 is 0 Å². The van der Waals surface area contributed by atoms with E-state index in [1.807, 2.05) is 18.2 Å². The molecule has 2 amide bonds.